The maximum Gasteiger partial charge on any atom is 0.307 e. The van der Waals surface area contributed by atoms with Gasteiger partial charge in [0, 0.05) is 6.42 Å². The van der Waals surface area contributed by atoms with E-state index in [0.29, 0.717) is 59.7 Å². The van der Waals surface area contributed by atoms with E-state index in [1.807, 2.05) is 0 Å². The maximum absolute atomic E-state index is 13.1. The molecule has 0 aromatic rings. The molecule has 0 radical (unpaired) electrons. The molecule has 0 heterocycles. The lowest BCUT2D eigenvalue weighted by Gasteiger charge is -2.64. The van der Waals surface area contributed by atoms with E-state index in [2.05, 4.69) is 34.6 Å². The largest absolute Gasteiger partial charge is 0.438 e. The summed E-state index contributed by atoms with van der Waals surface area (Å²) in [5.41, 5.74) is 0.511. The van der Waals surface area contributed by atoms with Gasteiger partial charge in [0.1, 0.15) is 6.79 Å². The molecule has 12 rings (SSSR count). The minimum absolute atomic E-state index is 0.0807. The van der Waals surface area contributed by atoms with Crippen LogP contribution in [0.1, 0.15) is 163 Å². The van der Waals surface area contributed by atoms with Crippen molar-refractivity contribution in [3.05, 3.63) is 0 Å². The Morgan fingerprint density at radius 3 is 2.15 bits per heavy atom. The normalized spacial score (nSPS) is 56.2. The van der Waals surface area contributed by atoms with E-state index in [0.717, 1.165) is 100 Å². The molecule has 0 aliphatic heterocycles. The Morgan fingerprint density at radius 2 is 1.45 bits per heavy atom. The molecule has 12 saturated carbocycles. The molecule has 0 aromatic heterocycles. The number of hydrogen-bond donors (Lipinski definition) is 2. The van der Waals surface area contributed by atoms with Crippen LogP contribution in [0.5, 0.6) is 0 Å². The van der Waals surface area contributed by atoms with Crippen molar-refractivity contribution in [2.75, 3.05) is 13.6 Å². The highest BCUT2D eigenvalue weighted by Gasteiger charge is 2.66. The molecule has 55 heavy (non-hydrogen) atoms. The van der Waals surface area contributed by atoms with Gasteiger partial charge >= 0.3 is 5.97 Å². The second-order valence-electron chi connectivity index (χ2n) is 23.9. The first-order valence-corrected chi connectivity index (χ1v) is 23.6. The molecule has 13 unspecified atom stereocenters. The summed E-state index contributed by atoms with van der Waals surface area (Å²) < 4.78 is 25.4. The van der Waals surface area contributed by atoms with Crippen LogP contribution in [0.3, 0.4) is 0 Å². The predicted octanol–water partition coefficient (Wildman–Crippen LogP) is 9.45. The van der Waals surface area contributed by atoms with Crippen molar-refractivity contribution in [1.82, 2.24) is 0 Å². The quantitative estimate of drug-likeness (QED) is 0.160. The number of carbonyl (C=O) groups excluding carboxylic acids is 1. The van der Waals surface area contributed by atoms with Gasteiger partial charge in [0.25, 0.3) is 0 Å². The molecule has 13 atom stereocenters. The van der Waals surface area contributed by atoms with E-state index in [1.54, 1.807) is 0 Å². The van der Waals surface area contributed by atoms with Crippen molar-refractivity contribution in [3.63, 3.8) is 0 Å². The van der Waals surface area contributed by atoms with Gasteiger partial charge in [0.15, 0.2) is 6.79 Å². The Morgan fingerprint density at radius 1 is 0.745 bits per heavy atom. The maximum atomic E-state index is 13.1. The molecular formula is C48H76O7. The van der Waals surface area contributed by atoms with Crippen molar-refractivity contribution in [2.45, 2.75) is 193 Å². The molecule has 0 spiro atoms. The van der Waals surface area contributed by atoms with Gasteiger partial charge in [0.05, 0.1) is 30.0 Å². The first-order valence-electron chi connectivity index (χ1n) is 23.6. The fourth-order valence-electron chi connectivity index (χ4n) is 19.0. The summed E-state index contributed by atoms with van der Waals surface area (Å²) in [6, 6.07) is 0. The number of aliphatic hydroxyl groups is 2. The summed E-state index contributed by atoms with van der Waals surface area (Å²) >= 11 is 0. The van der Waals surface area contributed by atoms with E-state index in [9.17, 15) is 15.0 Å². The molecule has 12 aliphatic carbocycles. The van der Waals surface area contributed by atoms with Crippen LogP contribution >= 0.6 is 0 Å². The predicted molar refractivity (Wildman–Crippen MR) is 210 cm³/mol. The molecule has 0 saturated heterocycles. The number of ether oxygens (including phenoxy) is 4. The van der Waals surface area contributed by atoms with Crippen molar-refractivity contribution in [1.29, 1.82) is 0 Å². The zero-order valence-electron chi connectivity index (χ0n) is 35.2. The third kappa shape index (κ3) is 6.46. The van der Waals surface area contributed by atoms with E-state index in [1.165, 1.54) is 51.4 Å². The zero-order chi connectivity index (χ0) is 38.1. The first-order chi connectivity index (χ1) is 26.2. The summed E-state index contributed by atoms with van der Waals surface area (Å²) in [6.45, 7) is 12.5. The topological polar surface area (TPSA) is 94.5 Å². The van der Waals surface area contributed by atoms with Crippen LogP contribution in [0.15, 0.2) is 0 Å². The number of esters is 1. The number of hydrogen-bond acceptors (Lipinski definition) is 7. The Labute approximate surface area is 332 Å². The van der Waals surface area contributed by atoms with E-state index in [4.69, 9.17) is 18.9 Å². The summed E-state index contributed by atoms with van der Waals surface area (Å²) in [5, 5.41) is 24.2. The van der Waals surface area contributed by atoms with E-state index < -0.39 is 0 Å². The summed E-state index contributed by atoms with van der Waals surface area (Å²) in [7, 11) is 0. The lowest BCUT2D eigenvalue weighted by molar-refractivity contribution is -0.242. The van der Waals surface area contributed by atoms with E-state index >= 15 is 0 Å². The van der Waals surface area contributed by atoms with Crippen molar-refractivity contribution < 1.29 is 34.0 Å². The Kier molecular flexibility index (Phi) is 9.55. The number of fused-ring (bicyclic) bond motifs is 5. The van der Waals surface area contributed by atoms with Crippen LogP contribution in [0, 0.1) is 86.8 Å². The molecule has 7 heteroatoms. The van der Waals surface area contributed by atoms with Gasteiger partial charge in [-0.2, -0.15) is 0 Å². The number of rotatable bonds is 11. The number of carbonyl (C=O) groups is 1. The second kappa shape index (κ2) is 13.6. The Hall–Kier alpha value is -0.730. The molecule has 7 nitrogen and oxygen atoms in total. The molecular weight excluding hydrogens is 689 g/mol. The molecule has 12 aliphatic rings. The molecule has 8 bridgehead atoms. The fraction of sp³-hybridized carbons (Fsp3) is 0.979. The summed E-state index contributed by atoms with van der Waals surface area (Å²) in [6.07, 6.45) is 22.3. The summed E-state index contributed by atoms with van der Waals surface area (Å²) in [4.78, 5) is 13.1. The van der Waals surface area contributed by atoms with Crippen LogP contribution in [-0.2, 0) is 23.7 Å². The van der Waals surface area contributed by atoms with Crippen molar-refractivity contribution >= 4 is 5.97 Å². The highest BCUT2D eigenvalue weighted by molar-refractivity contribution is 5.69. The monoisotopic (exact) mass is 765 g/mol. The van der Waals surface area contributed by atoms with Gasteiger partial charge in [-0.05, 0) is 209 Å². The van der Waals surface area contributed by atoms with Crippen LogP contribution in [0.2, 0.25) is 0 Å². The van der Waals surface area contributed by atoms with Gasteiger partial charge in [-0.1, -0.05) is 34.6 Å². The Bertz CT molecular complexity index is 1420. The first kappa shape index (κ1) is 38.5. The molecule has 0 aromatic carbocycles. The molecule has 2 N–H and O–H groups in total. The third-order valence-corrected chi connectivity index (χ3v) is 20.2. The lowest BCUT2D eigenvalue weighted by Crippen LogP contribution is -2.62. The van der Waals surface area contributed by atoms with Gasteiger partial charge in [-0.25, -0.2) is 0 Å². The number of aliphatic hydroxyl groups excluding tert-OH is 2. The highest BCUT2D eigenvalue weighted by atomic mass is 16.7. The highest BCUT2D eigenvalue weighted by Crippen LogP contribution is 2.69. The van der Waals surface area contributed by atoms with Crippen LogP contribution in [-0.4, -0.2) is 59.8 Å². The fourth-order valence-corrected chi connectivity index (χ4v) is 19.0. The third-order valence-electron chi connectivity index (χ3n) is 20.2. The van der Waals surface area contributed by atoms with Gasteiger partial charge in [0.2, 0.25) is 0 Å². The van der Waals surface area contributed by atoms with E-state index in [-0.39, 0.29) is 53.4 Å². The van der Waals surface area contributed by atoms with Crippen LogP contribution < -0.4 is 0 Å². The van der Waals surface area contributed by atoms with Gasteiger partial charge in [-0.15, -0.1) is 0 Å². The summed E-state index contributed by atoms with van der Waals surface area (Å²) in [5.74, 6) is 5.97. The average molecular weight is 765 g/mol. The van der Waals surface area contributed by atoms with Gasteiger partial charge < -0.3 is 29.2 Å². The average Bonchev–Trinajstić information content (AvgIpc) is 3.45. The molecule has 0 amide bonds. The Balaban J connectivity index is 0.715. The smallest absolute Gasteiger partial charge is 0.307 e. The van der Waals surface area contributed by atoms with Crippen LogP contribution in [0.25, 0.3) is 0 Å². The van der Waals surface area contributed by atoms with Gasteiger partial charge in [-0.3, -0.25) is 4.79 Å². The van der Waals surface area contributed by atoms with Crippen molar-refractivity contribution in [2.24, 2.45) is 86.8 Å². The lowest BCUT2D eigenvalue weighted by atomic mass is 9.43. The second-order valence-corrected chi connectivity index (χ2v) is 23.9. The molecule has 310 valence electrons. The minimum Gasteiger partial charge on any atom is -0.438 e. The SMILES string of the molecule is CC(CCC(=O)OCOC12CC3CC(C)(CC(C)(C3)C1)C2)C1CCC2C3C(O)CC4CC(OCOC5C6CC7CC(C6)CC5C7)CCC4(C)C3CC(O)C12C. The zero-order valence-corrected chi connectivity index (χ0v) is 35.2. The standard InChI is InChI=1S/C48H76O7/c1-28(6-9-41(51)53-27-55-48-22-31-20-44(2,24-48)23-45(3,21-31)25-48)36-7-8-37-42-38(19-40(50)47(36,37)5)46(4)11-10-35(17-34(46)18-39(42)49)52-26-54-43-32-13-29-12-30(15-32)16-33(43)14-29/h28-40,42-43,49-50H,6-27H2,1-5H3. The van der Waals surface area contributed by atoms with Crippen LogP contribution in [0.4, 0.5) is 0 Å². The van der Waals surface area contributed by atoms with Crippen molar-refractivity contribution in [3.8, 4) is 0 Å². The minimum atomic E-state index is -0.385. The molecule has 12 fully saturated rings.